The van der Waals surface area contributed by atoms with Gasteiger partial charge in [-0.25, -0.2) is 0 Å². The summed E-state index contributed by atoms with van der Waals surface area (Å²) >= 11 is 0.978. The summed E-state index contributed by atoms with van der Waals surface area (Å²) in [6, 6.07) is 7.24. The third-order valence-electron chi connectivity index (χ3n) is 2.56. The van der Waals surface area contributed by atoms with Gasteiger partial charge in [0.25, 0.3) is 0 Å². The molecule has 0 spiro atoms. The van der Waals surface area contributed by atoms with E-state index in [0.29, 0.717) is 16.1 Å². The van der Waals surface area contributed by atoms with Gasteiger partial charge in [0.15, 0.2) is 0 Å². The van der Waals surface area contributed by atoms with Gasteiger partial charge in [-0.1, -0.05) is 41.2 Å². The van der Waals surface area contributed by atoms with E-state index in [0.717, 1.165) is 21.6 Å². The van der Waals surface area contributed by atoms with Crippen molar-refractivity contribution >= 4 is 17.1 Å². The Labute approximate surface area is 102 Å². The Morgan fingerprint density at radius 1 is 1.29 bits per heavy atom. The lowest BCUT2D eigenvalue weighted by Gasteiger charge is -2.00. The molecule has 2 rings (SSSR count). The summed E-state index contributed by atoms with van der Waals surface area (Å²) in [6.45, 7) is 3.57. The van der Waals surface area contributed by atoms with Crippen LogP contribution < -0.4 is 4.80 Å². The lowest BCUT2D eigenvalue weighted by atomic mass is 10.1. The number of ketones is 1. The number of carbonyl (C=O) groups is 1. The molecule has 0 radical (unpaired) electrons. The smallest absolute Gasteiger partial charge is 0.216 e. The fourth-order valence-corrected chi connectivity index (χ4v) is 2.37. The highest BCUT2D eigenvalue weighted by atomic mass is 32.1. The maximum absolute atomic E-state index is 12.1. The van der Waals surface area contributed by atoms with Crippen LogP contribution >= 0.6 is 11.3 Å². The highest BCUT2D eigenvalue weighted by molar-refractivity contribution is 7.11. The van der Waals surface area contributed by atoms with E-state index >= 15 is 0 Å². The van der Waals surface area contributed by atoms with E-state index in [1.807, 2.05) is 19.1 Å². The second-order valence-electron chi connectivity index (χ2n) is 3.83. The Morgan fingerprint density at radius 3 is 2.35 bits per heavy atom. The van der Waals surface area contributed by atoms with Gasteiger partial charge in [0, 0.05) is 5.56 Å². The van der Waals surface area contributed by atoms with E-state index in [4.69, 9.17) is 5.41 Å². The van der Waals surface area contributed by atoms with E-state index in [9.17, 15) is 10.0 Å². The number of thiazole rings is 1. The van der Waals surface area contributed by atoms with Crippen LogP contribution in [0.3, 0.4) is 0 Å². The molecule has 0 amide bonds. The minimum absolute atomic E-state index is 0.0436. The van der Waals surface area contributed by atoms with Crippen molar-refractivity contribution in [3.05, 3.63) is 50.8 Å². The highest BCUT2D eigenvalue weighted by Gasteiger charge is 2.17. The van der Waals surface area contributed by atoms with Crippen molar-refractivity contribution in [1.82, 2.24) is 4.73 Å². The zero-order chi connectivity index (χ0) is 12.6. The van der Waals surface area contributed by atoms with E-state index < -0.39 is 0 Å². The summed E-state index contributed by atoms with van der Waals surface area (Å²) in [7, 11) is 0. The molecule has 2 aromatic rings. The molecule has 0 atom stereocenters. The molecule has 17 heavy (non-hydrogen) atoms. The minimum atomic E-state index is -0.159. The Balaban J connectivity index is 2.47. The standard InChI is InChI=1S/C12H12N2O2S/c1-7-3-5-9(6-4-7)10(15)11-8(2)14(16)12(13)17-11/h3-6,13,16H,1-2H3. The van der Waals surface area contributed by atoms with Gasteiger partial charge in [-0.3, -0.25) is 10.2 Å². The number of nitrogens with zero attached hydrogens (tertiary/aromatic N) is 1. The van der Waals surface area contributed by atoms with Crippen molar-refractivity contribution in [2.24, 2.45) is 0 Å². The molecule has 4 nitrogen and oxygen atoms in total. The second kappa shape index (κ2) is 4.18. The zero-order valence-electron chi connectivity index (χ0n) is 9.52. The third-order valence-corrected chi connectivity index (χ3v) is 3.61. The molecule has 0 aliphatic heterocycles. The van der Waals surface area contributed by atoms with E-state index in [1.54, 1.807) is 19.1 Å². The van der Waals surface area contributed by atoms with Crippen LogP contribution in [0.2, 0.25) is 0 Å². The minimum Gasteiger partial charge on any atom is -0.426 e. The first-order valence-electron chi connectivity index (χ1n) is 5.08. The van der Waals surface area contributed by atoms with Crippen LogP contribution in [0.1, 0.15) is 26.5 Å². The van der Waals surface area contributed by atoms with Crippen LogP contribution in [0.15, 0.2) is 24.3 Å². The Kier molecular flexibility index (Phi) is 2.85. The van der Waals surface area contributed by atoms with Crippen LogP contribution in [0.4, 0.5) is 0 Å². The molecule has 1 aromatic heterocycles. The molecule has 0 bridgehead atoms. The van der Waals surface area contributed by atoms with Gasteiger partial charge in [-0.2, -0.15) is 4.73 Å². The van der Waals surface area contributed by atoms with Crippen molar-refractivity contribution in [1.29, 1.82) is 5.41 Å². The molecule has 2 N–H and O–H groups in total. The predicted molar refractivity (Wildman–Crippen MR) is 64.7 cm³/mol. The maximum atomic E-state index is 12.1. The zero-order valence-corrected chi connectivity index (χ0v) is 10.3. The summed E-state index contributed by atoms with van der Waals surface area (Å²) in [6.07, 6.45) is 0. The average Bonchev–Trinajstić information content (AvgIpc) is 2.57. The van der Waals surface area contributed by atoms with Crippen LogP contribution in [0.25, 0.3) is 0 Å². The molecule has 5 heteroatoms. The number of hydrogen-bond donors (Lipinski definition) is 2. The van der Waals surface area contributed by atoms with Crippen molar-refractivity contribution in [2.75, 3.05) is 0 Å². The number of aryl methyl sites for hydroxylation is 1. The molecule has 0 saturated heterocycles. The molecule has 0 aliphatic rings. The van der Waals surface area contributed by atoms with Crippen molar-refractivity contribution in [3.8, 4) is 0 Å². The molecule has 0 unspecified atom stereocenters. The van der Waals surface area contributed by atoms with Crippen molar-refractivity contribution in [2.45, 2.75) is 13.8 Å². The van der Waals surface area contributed by atoms with Gasteiger partial charge >= 0.3 is 0 Å². The van der Waals surface area contributed by atoms with E-state index in [1.165, 1.54) is 0 Å². The highest BCUT2D eigenvalue weighted by Crippen LogP contribution is 2.16. The van der Waals surface area contributed by atoms with Crippen molar-refractivity contribution < 1.29 is 10.0 Å². The van der Waals surface area contributed by atoms with Gasteiger partial charge in [-0.05, 0) is 13.8 Å². The fraction of sp³-hybridized carbons (Fsp3) is 0.167. The Morgan fingerprint density at radius 2 is 1.88 bits per heavy atom. The number of carbonyl (C=O) groups excluding carboxylic acids is 1. The predicted octanol–water partition coefficient (Wildman–Crippen LogP) is 2.11. The van der Waals surface area contributed by atoms with Gasteiger partial charge < -0.3 is 5.21 Å². The topological polar surface area (TPSA) is 66.1 Å². The van der Waals surface area contributed by atoms with Gasteiger partial charge in [0.1, 0.15) is 4.88 Å². The first kappa shape index (κ1) is 11.6. The van der Waals surface area contributed by atoms with Gasteiger partial charge in [0.05, 0.1) is 5.69 Å². The molecule has 0 aliphatic carbocycles. The number of rotatable bonds is 2. The molecular formula is C12H12N2O2S. The second-order valence-corrected chi connectivity index (χ2v) is 4.83. The van der Waals surface area contributed by atoms with E-state index in [2.05, 4.69) is 0 Å². The fourth-order valence-electron chi connectivity index (χ4n) is 1.51. The third kappa shape index (κ3) is 2.01. The number of hydrogen-bond acceptors (Lipinski definition) is 4. The number of aromatic nitrogens is 1. The first-order valence-corrected chi connectivity index (χ1v) is 5.90. The normalized spacial score (nSPS) is 10.5. The molecule has 0 saturated carbocycles. The Hall–Kier alpha value is -1.88. The monoisotopic (exact) mass is 248 g/mol. The Bertz CT molecular complexity index is 623. The number of nitrogens with one attached hydrogen (secondary N) is 1. The maximum Gasteiger partial charge on any atom is 0.216 e. The molecular weight excluding hydrogens is 236 g/mol. The van der Waals surface area contributed by atoms with Crippen molar-refractivity contribution in [3.63, 3.8) is 0 Å². The lowest BCUT2D eigenvalue weighted by Crippen LogP contribution is -2.10. The largest absolute Gasteiger partial charge is 0.426 e. The average molecular weight is 248 g/mol. The van der Waals surface area contributed by atoms with Gasteiger partial charge in [-0.15, -0.1) is 0 Å². The van der Waals surface area contributed by atoms with E-state index in [-0.39, 0.29) is 10.6 Å². The van der Waals surface area contributed by atoms with Crippen LogP contribution in [-0.2, 0) is 0 Å². The molecule has 1 heterocycles. The lowest BCUT2D eigenvalue weighted by molar-refractivity contribution is 0.103. The summed E-state index contributed by atoms with van der Waals surface area (Å²) in [5.74, 6) is -0.159. The van der Waals surface area contributed by atoms with Crippen LogP contribution in [-0.4, -0.2) is 15.7 Å². The quantitative estimate of drug-likeness (QED) is 0.631. The number of benzene rings is 1. The summed E-state index contributed by atoms with van der Waals surface area (Å²) in [5, 5.41) is 16.9. The van der Waals surface area contributed by atoms with Gasteiger partial charge in [0.2, 0.25) is 10.6 Å². The summed E-state index contributed by atoms with van der Waals surface area (Å²) in [5.41, 5.74) is 2.06. The van der Waals surface area contributed by atoms with Crippen LogP contribution in [0.5, 0.6) is 0 Å². The molecule has 1 aromatic carbocycles. The first-order chi connectivity index (χ1) is 8.00. The summed E-state index contributed by atoms with van der Waals surface area (Å²) in [4.78, 5) is 12.5. The molecule has 88 valence electrons. The summed E-state index contributed by atoms with van der Waals surface area (Å²) < 4.78 is 0.728. The van der Waals surface area contributed by atoms with Crippen LogP contribution in [0, 0.1) is 19.3 Å². The SMILES string of the molecule is Cc1ccc(C(=O)c2sc(=N)n(O)c2C)cc1. The molecule has 0 fully saturated rings.